The molecule has 0 bridgehead atoms. The van der Waals surface area contributed by atoms with E-state index in [-0.39, 0.29) is 42.2 Å². The molecule has 44 heavy (non-hydrogen) atoms. The number of benzene rings is 2. The quantitative estimate of drug-likeness (QED) is 0.366. The highest BCUT2D eigenvalue weighted by Crippen LogP contribution is 2.50. The second-order valence-corrected chi connectivity index (χ2v) is 12.6. The first-order valence-electron chi connectivity index (χ1n) is 14.5. The molecule has 2 amide bonds. The van der Waals surface area contributed by atoms with Gasteiger partial charge in [-0.05, 0) is 75.3 Å². The van der Waals surface area contributed by atoms with Crippen LogP contribution in [0.15, 0.2) is 30.5 Å². The number of amides is 2. The molecule has 13 heteroatoms. The molecule has 1 aliphatic carbocycles. The molecule has 1 atom stereocenters. The zero-order valence-electron chi connectivity index (χ0n) is 25.2. The lowest BCUT2D eigenvalue weighted by molar-refractivity contribution is -0.155. The van der Waals surface area contributed by atoms with Gasteiger partial charge in [-0.2, -0.15) is 0 Å². The van der Waals surface area contributed by atoms with Crippen molar-refractivity contribution in [2.75, 3.05) is 33.9 Å². The largest absolute Gasteiger partial charge is 0.493 e. The third-order valence-electron chi connectivity index (χ3n) is 8.42. The molecule has 10 nitrogen and oxygen atoms in total. The summed E-state index contributed by atoms with van der Waals surface area (Å²) in [5.74, 6) is -2.46. The number of fused-ring (bicyclic) bond motifs is 1. The molecule has 3 heterocycles. The van der Waals surface area contributed by atoms with Gasteiger partial charge in [0.25, 0.3) is 5.91 Å². The Bertz CT molecular complexity index is 1630. The minimum absolute atomic E-state index is 0.0729. The Hall–Kier alpha value is -4.29. The number of methoxy groups -OCH3 is 2. The third-order valence-corrected chi connectivity index (χ3v) is 8.42. The van der Waals surface area contributed by atoms with Crippen LogP contribution in [0.4, 0.5) is 18.0 Å². The van der Waals surface area contributed by atoms with Gasteiger partial charge in [0.05, 0.1) is 39.5 Å². The summed E-state index contributed by atoms with van der Waals surface area (Å²) >= 11 is 0. The predicted octanol–water partition coefficient (Wildman–Crippen LogP) is 4.86. The fourth-order valence-electron chi connectivity index (χ4n) is 6.13. The van der Waals surface area contributed by atoms with Crippen LogP contribution in [0.5, 0.6) is 11.5 Å². The average molecular weight is 614 g/mol. The summed E-state index contributed by atoms with van der Waals surface area (Å²) < 4.78 is 60.2. The predicted molar refractivity (Wildman–Crippen MR) is 152 cm³/mol. The van der Waals surface area contributed by atoms with Gasteiger partial charge in [0.1, 0.15) is 17.1 Å². The Balaban J connectivity index is 1.38. The number of ether oxygens (including phenoxy) is 3. The number of halogens is 3. The normalized spacial score (nSPS) is 19.2. The molecule has 3 aromatic rings. The zero-order chi connectivity index (χ0) is 31.6. The van der Waals surface area contributed by atoms with Gasteiger partial charge in [-0.25, -0.2) is 22.6 Å². The number of rotatable bonds is 6. The van der Waals surface area contributed by atoms with Crippen molar-refractivity contribution < 1.29 is 37.0 Å². The number of carbonyl (C=O) groups is 2. The molecule has 1 saturated carbocycles. The van der Waals surface area contributed by atoms with Crippen LogP contribution < -0.4 is 9.47 Å². The standard InChI is InChI=1S/C31H34F3N5O5/c1-30(2,3)44-29(41)37-15-31(16-37,39-14-24(35-36-39)20-11-22(33)23(34)13-21(20)32)28(40)38-9-8-18-10-25(42-4)26(43-5)12-19(18)27(38)17-6-7-17/h10-14,17,27H,6-9,15-16H2,1-5H3. The van der Waals surface area contributed by atoms with E-state index < -0.39 is 34.7 Å². The molecule has 1 unspecified atom stereocenters. The minimum atomic E-state index is -1.39. The molecule has 0 N–H and O–H groups in total. The van der Waals surface area contributed by atoms with E-state index in [1.165, 1.54) is 15.8 Å². The molecule has 1 saturated heterocycles. The second kappa shape index (κ2) is 10.7. The van der Waals surface area contributed by atoms with Gasteiger partial charge in [0.15, 0.2) is 28.7 Å². The van der Waals surface area contributed by atoms with Crippen molar-refractivity contribution in [2.45, 2.75) is 57.2 Å². The molecular formula is C31H34F3N5O5. The highest BCUT2D eigenvalue weighted by Gasteiger charge is 2.58. The van der Waals surface area contributed by atoms with Gasteiger partial charge in [-0.15, -0.1) is 5.10 Å². The summed E-state index contributed by atoms with van der Waals surface area (Å²) in [6, 6.07) is 4.77. The summed E-state index contributed by atoms with van der Waals surface area (Å²) in [6.45, 7) is 5.51. The summed E-state index contributed by atoms with van der Waals surface area (Å²) in [4.78, 5) is 30.9. The van der Waals surface area contributed by atoms with E-state index in [9.17, 15) is 22.8 Å². The van der Waals surface area contributed by atoms with Crippen LogP contribution in [-0.2, 0) is 21.5 Å². The lowest BCUT2D eigenvalue weighted by atomic mass is 9.83. The molecule has 0 spiro atoms. The Morgan fingerprint density at radius 3 is 2.25 bits per heavy atom. The number of likely N-dealkylation sites (tertiary alicyclic amines) is 1. The molecule has 0 radical (unpaired) electrons. The lowest BCUT2D eigenvalue weighted by Gasteiger charge is -2.51. The smallest absolute Gasteiger partial charge is 0.410 e. The van der Waals surface area contributed by atoms with E-state index in [1.54, 1.807) is 35.0 Å². The number of hydrogen-bond acceptors (Lipinski definition) is 7. The average Bonchev–Trinajstić information content (AvgIpc) is 3.68. The van der Waals surface area contributed by atoms with E-state index in [2.05, 4.69) is 10.3 Å². The number of hydrogen-bond donors (Lipinski definition) is 0. The Labute approximate surface area is 252 Å². The number of nitrogens with zero attached hydrogens (tertiary/aromatic N) is 5. The first-order valence-corrected chi connectivity index (χ1v) is 14.5. The van der Waals surface area contributed by atoms with Crippen LogP contribution in [0.3, 0.4) is 0 Å². The first kappa shape index (κ1) is 29.8. The van der Waals surface area contributed by atoms with Crippen molar-refractivity contribution in [3.8, 4) is 22.8 Å². The zero-order valence-corrected chi connectivity index (χ0v) is 25.2. The molecule has 2 fully saturated rings. The van der Waals surface area contributed by atoms with Crippen molar-refractivity contribution in [3.63, 3.8) is 0 Å². The van der Waals surface area contributed by atoms with E-state index >= 15 is 0 Å². The van der Waals surface area contributed by atoms with Gasteiger partial charge in [0, 0.05) is 18.2 Å². The molecule has 3 aliphatic rings. The Morgan fingerprint density at radius 1 is 0.955 bits per heavy atom. The summed E-state index contributed by atoms with van der Waals surface area (Å²) in [7, 11) is 3.14. The highest BCUT2D eigenvalue weighted by atomic mass is 19.2. The van der Waals surface area contributed by atoms with Gasteiger partial charge < -0.3 is 24.0 Å². The molecule has 2 aliphatic heterocycles. The van der Waals surface area contributed by atoms with E-state index in [0.717, 1.165) is 24.0 Å². The molecule has 2 aromatic carbocycles. The maximum atomic E-state index is 14.7. The maximum Gasteiger partial charge on any atom is 0.410 e. The van der Waals surface area contributed by atoms with Crippen LogP contribution in [-0.4, -0.2) is 76.2 Å². The first-order chi connectivity index (χ1) is 20.8. The topological polar surface area (TPSA) is 99.0 Å². The Kier molecular flexibility index (Phi) is 7.24. The van der Waals surface area contributed by atoms with Crippen LogP contribution in [0, 0.1) is 23.4 Å². The molecular weight excluding hydrogens is 579 g/mol. The van der Waals surface area contributed by atoms with Crippen LogP contribution in [0.1, 0.15) is 50.8 Å². The molecule has 1 aromatic heterocycles. The highest BCUT2D eigenvalue weighted by molar-refractivity contribution is 5.89. The van der Waals surface area contributed by atoms with E-state index in [4.69, 9.17) is 14.2 Å². The SMILES string of the molecule is COc1cc2c(cc1OC)C(C1CC1)N(C(=O)C1(n3cc(-c4cc(F)c(F)cc4F)nn3)CN(C(=O)OC(C)(C)C)C1)CC2. The van der Waals surface area contributed by atoms with E-state index in [0.29, 0.717) is 36.6 Å². The van der Waals surface area contributed by atoms with E-state index in [1.807, 2.05) is 17.0 Å². The van der Waals surface area contributed by atoms with Crippen molar-refractivity contribution in [1.29, 1.82) is 0 Å². The summed E-state index contributed by atoms with van der Waals surface area (Å²) in [6.07, 6.45) is 3.20. The lowest BCUT2D eigenvalue weighted by Crippen LogP contribution is -2.71. The van der Waals surface area contributed by atoms with Crippen LogP contribution >= 0.6 is 0 Å². The third kappa shape index (κ3) is 5.11. The van der Waals surface area contributed by atoms with Gasteiger partial charge in [0.2, 0.25) is 0 Å². The van der Waals surface area contributed by atoms with Crippen LogP contribution in [0.2, 0.25) is 0 Å². The molecule has 234 valence electrons. The van der Waals surface area contributed by atoms with Gasteiger partial charge >= 0.3 is 6.09 Å². The van der Waals surface area contributed by atoms with Gasteiger partial charge in [-0.3, -0.25) is 4.79 Å². The number of carbonyl (C=O) groups excluding carboxylic acids is 2. The van der Waals surface area contributed by atoms with Gasteiger partial charge in [-0.1, -0.05) is 5.21 Å². The number of aromatic nitrogens is 3. The van der Waals surface area contributed by atoms with Crippen molar-refractivity contribution in [1.82, 2.24) is 24.8 Å². The summed E-state index contributed by atoms with van der Waals surface area (Å²) in [5, 5.41) is 8.18. The van der Waals surface area contributed by atoms with Crippen molar-refractivity contribution in [2.24, 2.45) is 5.92 Å². The monoisotopic (exact) mass is 613 g/mol. The van der Waals surface area contributed by atoms with Crippen molar-refractivity contribution in [3.05, 3.63) is 59.0 Å². The van der Waals surface area contributed by atoms with Crippen LogP contribution in [0.25, 0.3) is 11.3 Å². The molecule has 6 rings (SSSR count). The fraction of sp³-hybridized carbons (Fsp3) is 0.484. The summed E-state index contributed by atoms with van der Waals surface area (Å²) in [5.41, 5.74) is -0.477. The second-order valence-electron chi connectivity index (χ2n) is 12.6. The fourth-order valence-corrected chi connectivity index (χ4v) is 6.13. The maximum absolute atomic E-state index is 14.7. The van der Waals surface area contributed by atoms with Crippen molar-refractivity contribution >= 4 is 12.0 Å². The minimum Gasteiger partial charge on any atom is -0.493 e. The Morgan fingerprint density at radius 2 is 1.61 bits per heavy atom.